The van der Waals surface area contributed by atoms with Crippen molar-refractivity contribution in [2.75, 3.05) is 0 Å². The van der Waals surface area contributed by atoms with Gasteiger partial charge in [0, 0.05) is 2.74 Å². The molecule has 0 bridgehead atoms. The van der Waals surface area contributed by atoms with Gasteiger partial charge >= 0.3 is 5.97 Å². The zero-order valence-corrected chi connectivity index (χ0v) is 6.38. The van der Waals surface area contributed by atoms with Gasteiger partial charge in [-0.1, -0.05) is 12.1 Å². The van der Waals surface area contributed by atoms with Crippen LogP contribution in [0.3, 0.4) is 0 Å². The van der Waals surface area contributed by atoms with Crippen LogP contribution in [0.5, 0.6) is 5.75 Å². The second-order valence-corrected chi connectivity index (χ2v) is 2.07. The van der Waals surface area contributed by atoms with Crippen molar-refractivity contribution in [1.82, 2.24) is 0 Å². The minimum Gasteiger partial charge on any atom is -0.508 e. The molecule has 0 aliphatic carbocycles. The van der Waals surface area contributed by atoms with Gasteiger partial charge in [0.1, 0.15) is 11.8 Å². The average Bonchev–Trinajstić information content (AvgIpc) is 2.33. The lowest BCUT2D eigenvalue weighted by Crippen LogP contribution is -2.32. The molecule has 70 valence electrons. The van der Waals surface area contributed by atoms with Crippen molar-refractivity contribution in [2.45, 2.75) is 12.4 Å². The molecule has 4 N–H and O–H groups in total. The van der Waals surface area contributed by atoms with E-state index in [0.717, 1.165) is 0 Å². The Bertz CT molecular complexity index is 558. The number of benzene rings is 1. The summed E-state index contributed by atoms with van der Waals surface area (Å²) in [5, 5.41) is 18.1. The molecule has 0 amide bonds. The lowest BCUT2D eigenvalue weighted by atomic mass is 11.1. The van der Waals surface area contributed by atoms with E-state index in [9.17, 15) is 9.90 Å². The Labute approximate surface area is 85.5 Å². The maximum Gasteiger partial charge on any atom is 0.320 e. The molecule has 1 rings (SSSR count). The number of carboxylic acid groups (broad SMARTS) is 1. The molecule has 0 aliphatic rings. The second kappa shape index (κ2) is 3.91. The number of phenols is 1. The monoisotopic (exact) mass is 198 g/mol. The zero-order chi connectivity index (χ0) is 16.0. The highest BCUT2D eigenvalue weighted by atomic mass is 16.5. The number of carbonyl (C=O) groups is 1. The molecule has 0 aliphatic heterocycles. The number of aromatic hydroxyl groups is 1. The van der Waals surface area contributed by atoms with E-state index in [0.29, 0.717) is 0 Å². The summed E-state index contributed by atoms with van der Waals surface area (Å²) < 4.78 is 52.4. The van der Waals surface area contributed by atoms with E-state index in [2.05, 4.69) is 0 Å². The summed E-state index contributed by atoms with van der Waals surface area (Å²) in [7, 11) is 0. The van der Waals surface area contributed by atoms with Gasteiger partial charge in [-0.25, -0.2) is 0 Å². The molecule has 4 nitrogen and oxygen atoms in total. The van der Waals surface area contributed by atoms with E-state index < -0.39 is 53.8 Å². The molecule has 0 radical (unpaired) electrons. The Morgan fingerprint density at radius 1 is 1.69 bits per heavy atom. The Morgan fingerprint density at radius 3 is 2.69 bits per heavy atom. The summed E-state index contributed by atoms with van der Waals surface area (Å²) in [6.07, 6.45) is -3.22. The van der Waals surface area contributed by atoms with Crippen molar-refractivity contribution >= 4 is 5.97 Å². The van der Waals surface area contributed by atoms with Crippen molar-refractivity contribution in [3.05, 3.63) is 29.7 Å². The summed E-state index contributed by atoms with van der Waals surface area (Å²) in [5.74, 6) is -3.03. The first-order valence-electron chi connectivity index (χ1n) is 6.69. The fourth-order valence-electron chi connectivity index (χ4n) is 0.557. The van der Waals surface area contributed by atoms with Crippen LogP contribution in [-0.4, -0.2) is 22.2 Å². The Kier molecular flexibility index (Phi) is 1.10. The van der Waals surface area contributed by atoms with Crippen molar-refractivity contribution < 1.29 is 24.6 Å². The first-order chi connectivity index (χ1) is 8.87. The van der Waals surface area contributed by atoms with Crippen LogP contribution >= 0.6 is 0 Å². The average molecular weight is 198 g/mol. The van der Waals surface area contributed by atoms with Crippen LogP contribution in [0.1, 0.15) is 15.2 Å². The van der Waals surface area contributed by atoms with Crippen molar-refractivity contribution in [3.63, 3.8) is 0 Å². The van der Waals surface area contributed by atoms with Crippen LogP contribution in [0.2, 0.25) is 0 Å². The number of carboxylic acids is 1. The summed E-state index contributed by atoms with van der Waals surface area (Å²) in [5.41, 5.74) is 4.09. The summed E-state index contributed by atoms with van der Waals surface area (Å²) in [6.45, 7) is 0. The minimum atomic E-state index is -3.23. The number of phenolic OH excluding ortho intramolecular Hbond substituents is 1. The lowest BCUT2D eigenvalue weighted by molar-refractivity contribution is -0.138. The number of hydrogen-bond donors (Lipinski definition) is 3. The zero-order valence-electron chi connectivity index (χ0n) is 13.4. The smallest absolute Gasteiger partial charge is 0.320 e. The minimum absolute atomic E-state index is 0.939. The summed E-state index contributed by atoms with van der Waals surface area (Å²) in [4.78, 5) is 10.9. The highest BCUT2D eigenvalue weighted by Crippen LogP contribution is 2.10. The van der Waals surface area contributed by atoms with Crippen molar-refractivity contribution in [1.29, 1.82) is 0 Å². The van der Waals surface area contributed by atoms with Crippen LogP contribution < -0.4 is 5.73 Å². The second-order valence-electron chi connectivity index (χ2n) is 2.07. The summed E-state index contributed by atoms with van der Waals surface area (Å²) in [6, 6.07) is -7.08. The van der Waals surface area contributed by atoms with E-state index in [1.165, 1.54) is 0 Å². The number of rotatable bonds is 3. The predicted molar refractivity (Wildman–Crippen MR) is 47.4 cm³/mol. The van der Waals surface area contributed by atoms with Crippen molar-refractivity contribution in [3.8, 4) is 5.75 Å². The van der Waals surface area contributed by atoms with Gasteiger partial charge in [-0.2, -0.15) is 0 Å². The van der Waals surface area contributed by atoms with Gasteiger partial charge in [0.25, 0.3) is 0 Å². The first kappa shape index (κ1) is 3.67. The van der Waals surface area contributed by atoms with Gasteiger partial charge in [-0.05, 0) is 24.0 Å². The van der Waals surface area contributed by atoms with Gasteiger partial charge in [-0.3, -0.25) is 4.79 Å². The van der Waals surface area contributed by atoms with Gasteiger partial charge in [0.15, 0.2) is 0 Å². The van der Waals surface area contributed by atoms with Crippen LogP contribution in [0, 0.1) is 0 Å². The highest BCUT2D eigenvalue weighted by Gasteiger charge is 2.11. The normalized spacial score (nSPS) is 23.6. The molecule has 0 aromatic heterocycles. The van der Waals surface area contributed by atoms with Crippen LogP contribution in [0.4, 0.5) is 0 Å². The lowest BCUT2D eigenvalue weighted by Gasteiger charge is -2.05. The van der Waals surface area contributed by atoms with E-state index in [1.54, 1.807) is 0 Å². The topological polar surface area (TPSA) is 83.6 Å². The van der Waals surface area contributed by atoms with E-state index in [1.807, 2.05) is 0 Å². The molecular weight excluding hydrogens is 180 g/mol. The third-order valence-electron chi connectivity index (χ3n) is 1.10. The third kappa shape index (κ3) is 2.76. The molecule has 13 heavy (non-hydrogen) atoms. The standard InChI is InChI=1S/C9H11NO3/c10-8(9(12)13)5-6-1-3-7(11)4-2-6/h1-4,8,11H,5,10H2,(H,12,13)/t8-/m0/s1/i1+1D,2+1D,3+1D,4+1D,5+1D2,6+1,7+1,8+1D,9+1,10+1. The molecule has 4 heteroatoms. The number of hydrogen-bond acceptors (Lipinski definition) is 3. The Morgan fingerprint density at radius 2 is 2.23 bits per heavy atom. The fraction of sp³-hybridized carbons (Fsp3) is 0.222. The molecule has 0 fully saturated rings. The van der Waals surface area contributed by atoms with E-state index in [4.69, 9.17) is 20.4 Å². The van der Waals surface area contributed by atoms with Crippen LogP contribution in [-0.2, 0) is 11.2 Å². The maximum atomic E-state index is 10.9. The number of aliphatic carboxylic acids is 1. The summed E-state index contributed by atoms with van der Waals surface area (Å²) >= 11 is 0. The van der Waals surface area contributed by atoms with Gasteiger partial charge in [-0.15, -0.1) is 0 Å². The van der Waals surface area contributed by atoms with Crippen LogP contribution in [0.15, 0.2) is 24.2 Å². The molecule has 0 heterocycles. The Balaban J connectivity index is 3.76. The van der Waals surface area contributed by atoms with Gasteiger partial charge < -0.3 is 15.9 Å². The maximum absolute atomic E-state index is 10.9. The molecular formula is C9H11NO3. The third-order valence-corrected chi connectivity index (χ3v) is 1.10. The predicted octanol–water partition coefficient (Wildman–Crippen LogP) is 0.347. The molecule has 1 atom stereocenters. The first-order valence-corrected chi connectivity index (χ1v) is 3.19. The molecule has 1 aromatic rings. The largest absolute Gasteiger partial charge is 0.508 e. The molecule has 0 saturated heterocycles. The molecule has 0 spiro atoms. The number of nitrogens with two attached hydrogens (primary N) is 1. The van der Waals surface area contributed by atoms with Gasteiger partial charge in [0.2, 0.25) is 0 Å². The molecule has 1 aromatic carbocycles. The van der Waals surface area contributed by atoms with E-state index in [-0.39, 0.29) is 0 Å². The van der Waals surface area contributed by atoms with Crippen molar-refractivity contribution in [2.24, 2.45) is 5.73 Å². The van der Waals surface area contributed by atoms with Crippen LogP contribution in [0.25, 0.3) is 0 Å². The SMILES string of the molecule is [2H][13c]1[13c]([2H])[13c]([13C]([2H])([2H])[13C@]([2H])([15NH2])[13C](=O)O)[13c]([2H])[13c]([2H])[13c]1O. The Hall–Kier alpha value is -1.55. The van der Waals surface area contributed by atoms with E-state index >= 15 is 0 Å². The fourth-order valence-corrected chi connectivity index (χ4v) is 0.557. The molecule has 0 unspecified atom stereocenters. The van der Waals surface area contributed by atoms with Gasteiger partial charge in [0.05, 0.1) is 6.85 Å². The quantitative estimate of drug-likeness (QED) is 0.483. The molecule has 0 saturated carbocycles. The highest BCUT2D eigenvalue weighted by molar-refractivity contribution is 5.73.